The Kier molecular flexibility index (Phi) is 8.52. The fourth-order valence-electron chi connectivity index (χ4n) is 4.18. The van der Waals surface area contributed by atoms with Crippen LogP contribution in [0.1, 0.15) is 11.4 Å². The van der Waals surface area contributed by atoms with Gasteiger partial charge in [0.1, 0.15) is 18.2 Å². The molecule has 1 aliphatic heterocycles. The van der Waals surface area contributed by atoms with E-state index in [-0.39, 0.29) is 12.2 Å². The zero-order valence-electron chi connectivity index (χ0n) is 21.2. The molecule has 2 N–H and O–H groups in total. The third-order valence-corrected chi connectivity index (χ3v) is 6.14. The molecule has 4 heterocycles. The molecule has 10 nitrogen and oxygen atoms in total. The van der Waals surface area contributed by atoms with Gasteiger partial charge in [-0.25, -0.2) is 14.0 Å². The molecule has 11 heteroatoms. The summed E-state index contributed by atoms with van der Waals surface area (Å²) in [5.74, 6) is -2.46. The summed E-state index contributed by atoms with van der Waals surface area (Å²) in [6, 6.07) is 14.5. The lowest BCUT2D eigenvalue weighted by Gasteiger charge is -2.12. The summed E-state index contributed by atoms with van der Waals surface area (Å²) in [7, 11) is 2.16. The molecule has 0 spiro atoms. The number of hydrogen-bond donors (Lipinski definition) is 2. The van der Waals surface area contributed by atoms with E-state index in [1.54, 1.807) is 22.9 Å². The Balaban J connectivity index is 0.000000386. The molecular formula is C28H27FN4O6. The number of carboxylic acid groups (broad SMARTS) is 2. The number of carbonyl (C=O) groups is 2. The van der Waals surface area contributed by atoms with Gasteiger partial charge >= 0.3 is 11.9 Å². The van der Waals surface area contributed by atoms with Crippen molar-refractivity contribution in [3.63, 3.8) is 0 Å². The first kappa shape index (κ1) is 27.3. The monoisotopic (exact) mass is 534 g/mol. The van der Waals surface area contributed by atoms with Crippen molar-refractivity contribution >= 4 is 22.8 Å². The van der Waals surface area contributed by atoms with Crippen LogP contribution in [-0.2, 0) is 29.2 Å². The minimum absolute atomic E-state index is 0.168. The minimum Gasteiger partial charge on any atom is -0.487 e. The van der Waals surface area contributed by atoms with Gasteiger partial charge in [0, 0.05) is 72.8 Å². The molecule has 39 heavy (non-hydrogen) atoms. The molecule has 0 saturated carbocycles. The lowest BCUT2D eigenvalue weighted by molar-refractivity contribution is -0.134. The molecule has 1 aliphatic rings. The molecule has 0 atom stereocenters. The SMILES string of the molecule is CN1CCc2cc3cc(-n4ccc(OCc5ccc(F)cn5)cc4=O)ccc3n2CC1.O=C(O)/C=C\C(=O)O. The van der Waals surface area contributed by atoms with Crippen LogP contribution in [0.15, 0.2) is 77.9 Å². The molecule has 202 valence electrons. The second-order valence-corrected chi connectivity index (χ2v) is 8.92. The molecular weight excluding hydrogens is 507 g/mol. The van der Waals surface area contributed by atoms with Crippen LogP contribution in [0.25, 0.3) is 16.6 Å². The van der Waals surface area contributed by atoms with E-state index in [2.05, 4.69) is 39.7 Å². The molecule has 0 fully saturated rings. The molecule has 0 aliphatic carbocycles. The van der Waals surface area contributed by atoms with Crippen molar-refractivity contribution in [2.24, 2.45) is 0 Å². The third kappa shape index (κ3) is 7.17. The predicted octanol–water partition coefficient (Wildman–Crippen LogP) is 3.11. The number of rotatable bonds is 6. The van der Waals surface area contributed by atoms with E-state index in [9.17, 15) is 18.8 Å². The van der Waals surface area contributed by atoms with Crippen molar-refractivity contribution in [2.75, 3.05) is 20.1 Å². The van der Waals surface area contributed by atoms with Gasteiger partial charge in [0.25, 0.3) is 5.56 Å². The highest BCUT2D eigenvalue weighted by atomic mass is 19.1. The Morgan fingerprint density at radius 1 is 1.03 bits per heavy atom. The van der Waals surface area contributed by atoms with Gasteiger partial charge in [-0.2, -0.15) is 0 Å². The fourth-order valence-corrected chi connectivity index (χ4v) is 4.18. The van der Waals surface area contributed by atoms with Gasteiger partial charge in [0.2, 0.25) is 0 Å². The molecule has 0 amide bonds. The Morgan fingerprint density at radius 2 is 1.79 bits per heavy atom. The normalized spacial score (nSPS) is 13.4. The van der Waals surface area contributed by atoms with Gasteiger partial charge in [0.05, 0.1) is 11.9 Å². The van der Waals surface area contributed by atoms with E-state index in [1.165, 1.54) is 23.3 Å². The standard InChI is InChI=1S/C24H23FN4O2.C4H4O4/c1-27-8-6-21-13-17-12-20(4-5-23(17)28(21)11-10-27)29-9-7-22(14-24(29)30)31-16-19-3-2-18(25)15-26-19;5-3(6)1-2-4(7)8/h2-5,7,9,12-15H,6,8,10-11,16H2,1H3;1-2H,(H,5,6)(H,7,8)/b;2-1-. The van der Waals surface area contributed by atoms with E-state index >= 15 is 0 Å². The van der Waals surface area contributed by atoms with E-state index in [0.29, 0.717) is 23.6 Å². The predicted molar refractivity (Wildman–Crippen MR) is 142 cm³/mol. The van der Waals surface area contributed by atoms with Gasteiger partial charge in [-0.1, -0.05) is 0 Å². The highest BCUT2D eigenvalue weighted by Gasteiger charge is 2.15. The Hall–Kier alpha value is -4.77. The third-order valence-electron chi connectivity index (χ3n) is 6.14. The lowest BCUT2D eigenvalue weighted by atomic mass is 10.2. The number of carboxylic acids is 2. The molecule has 0 bridgehead atoms. The number of ether oxygens (including phenoxy) is 1. The second kappa shape index (κ2) is 12.2. The van der Waals surface area contributed by atoms with E-state index in [1.807, 2.05) is 6.07 Å². The average molecular weight is 535 g/mol. The molecule has 1 aromatic carbocycles. The van der Waals surface area contributed by atoms with Crippen molar-refractivity contribution in [1.29, 1.82) is 0 Å². The summed E-state index contributed by atoms with van der Waals surface area (Å²) in [6.07, 6.45) is 5.00. The van der Waals surface area contributed by atoms with Gasteiger partial charge in [-0.15, -0.1) is 0 Å². The Bertz CT molecular complexity index is 1560. The van der Waals surface area contributed by atoms with E-state index in [0.717, 1.165) is 43.3 Å². The topological polar surface area (TPSA) is 127 Å². The maximum atomic E-state index is 13.0. The van der Waals surface area contributed by atoms with Crippen molar-refractivity contribution in [3.8, 4) is 11.4 Å². The molecule has 0 unspecified atom stereocenters. The van der Waals surface area contributed by atoms with Gasteiger partial charge in [-0.05, 0) is 49.5 Å². The second-order valence-electron chi connectivity index (χ2n) is 8.92. The number of nitrogens with zero attached hydrogens (tertiary/aromatic N) is 4. The van der Waals surface area contributed by atoms with Gasteiger partial charge < -0.3 is 24.4 Å². The molecule has 4 aromatic rings. The number of aliphatic carboxylic acids is 2. The summed E-state index contributed by atoms with van der Waals surface area (Å²) < 4.78 is 22.6. The quantitative estimate of drug-likeness (QED) is 0.362. The van der Waals surface area contributed by atoms with Gasteiger partial charge in [-0.3, -0.25) is 14.3 Å². The molecule has 0 radical (unpaired) electrons. The van der Waals surface area contributed by atoms with Gasteiger partial charge in [0.15, 0.2) is 0 Å². The zero-order valence-corrected chi connectivity index (χ0v) is 21.2. The van der Waals surface area contributed by atoms with Crippen molar-refractivity contribution in [1.82, 2.24) is 19.0 Å². The molecule has 3 aromatic heterocycles. The fraction of sp³-hybridized carbons (Fsp3) is 0.214. The summed E-state index contributed by atoms with van der Waals surface area (Å²) in [4.78, 5) is 38.1. The van der Waals surface area contributed by atoms with Crippen LogP contribution < -0.4 is 10.3 Å². The van der Waals surface area contributed by atoms with Crippen LogP contribution in [0.4, 0.5) is 4.39 Å². The van der Waals surface area contributed by atoms with Crippen molar-refractivity contribution in [2.45, 2.75) is 19.6 Å². The number of fused-ring (bicyclic) bond motifs is 3. The number of pyridine rings is 2. The maximum absolute atomic E-state index is 13.0. The summed E-state index contributed by atoms with van der Waals surface area (Å²) >= 11 is 0. The van der Waals surface area contributed by atoms with E-state index in [4.69, 9.17) is 14.9 Å². The number of hydrogen-bond acceptors (Lipinski definition) is 6. The highest BCUT2D eigenvalue weighted by molar-refractivity contribution is 5.89. The lowest BCUT2D eigenvalue weighted by Crippen LogP contribution is -2.21. The average Bonchev–Trinajstić information content (AvgIpc) is 3.15. The first-order valence-corrected chi connectivity index (χ1v) is 12.1. The van der Waals surface area contributed by atoms with Crippen molar-refractivity contribution < 1.29 is 28.9 Å². The maximum Gasteiger partial charge on any atom is 0.328 e. The van der Waals surface area contributed by atoms with Crippen LogP contribution in [0, 0.1) is 5.82 Å². The number of aromatic nitrogens is 3. The summed E-state index contributed by atoms with van der Waals surface area (Å²) in [6.45, 7) is 3.23. The number of likely N-dealkylation sites (N-methyl/N-ethyl adjacent to an activating group) is 1. The molecule has 5 rings (SSSR count). The zero-order chi connectivity index (χ0) is 27.9. The largest absolute Gasteiger partial charge is 0.487 e. The first-order valence-electron chi connectivity index (χ1n) is 12.1. The Morgan fingerprint density at radius 3 is 2.46 bits per heavy atom. The smallest absolute Gasteiger partial charge is 0.328 e. The first-order chi connectivity index (χ1) is 18.7. The van der Waals surface area contributed by atoms with E-state index < -0.39 is 17.8 Å². The molecule has 0 saturated heterocycles. The van der Waals surface area contributed by atoms with Crippen LogP contribution in [-0.4, -0.2) is 61.3 Å². The summed E-state index contributed by atoms with van der Waals surface area (Å²) in [5, 5.41) is 16.8. The van der Waals surface area contributed by atoms with Crippen LogP contribution in [0.3, 0.4) is 0 Å². The van der Waals surface area contributed by atoms with Crippen molar-refractivity contribution in [3.05, 3.63) is 101 Å². The van der Waals surface area contributed by atoms with Crippen LogP contribution in [0.2, 0.25) is 0 Å². The number of benzene rings is 1. The number of halogens is 1. The highest BCUT2D eigenvalue weighted by Crippen LogP contribution is 2.25. The Labute approximate surface area is 222 Å². The van der Waals surface area contributed by atoms with Crippen LogP contribution in [0.5, 0.6) is 5.75 Å². The summed E-state index contributed by atoms with van der Waals surface area (Å²) in [5.41, 5.74) is 3.78. The van der Waals surface area contributed by atoms with Crippen LogP contribution >= 0.6 is 0 Å². The minimum atomic E-state index is -1.26.